The molecule has 1 N–H and O–H groups in total. The van der Waals surface area contributed by atoms with Crippen molar-refractivity contribution in [2.45, 2.75) is 40.5 Å². The van der Waals surface area contributed by atoms with Crippen molar-refractivity contribution in [2.75, 3.05) is 110 Å². The van der Waals surface area contributed by atoms with E-state index in [1.54, 1.807) is 4.90 Å². The Morgan fingerprint density at radius 1 is 0.814 bits per heavy atom. The molecule has 3 amide bonds. The van der Waals surface area contributed by atoms with Gasteiger partial charge in [0.05, 0.1) is 45.7 Å². The number of benzene rings is 3. The predicted molar refractivity (Wildman–Crippen MR) is 229 cm³/mol. The molecule has 0 saturated carbocycles. The topological polar surface area (TPSA) is 166 Å². The quantitative estimate of drug-likeness (QED) is 0.0275. The van der Waals surface area contributed by atoms with Crippen molar-refractivity contribution >= 4 is 34.4 Å². The molecule has 5 rings (SSSR count). The number of amides is 3. The van der Waals surface area contributed by atoms with Crippen LogP contribution in [-0.2, 0) is 23.8 Å². The Morgan fingerprint density at radius 2 is 1.49 bits per heavy atom. The summed E-state index contributed by atoms with van der Waals surface area (Å²) in [6.45, 7) is 16.5. The zero-order valence-corrected chi connectivity index (χ0v) is 35.0. The molecule has 1 saturated heterocycles. The average Bonchev–Trinajstić information content (AvgIpc) is 3.26. The first-order valence-corrected chi connectivity index (χ1v) is 20.8. The molecule has 1 aliphatic carbocycles. The number of azide groups is 1. The third-order valence-corrected chi connectivity index (χ3v) is 10.6. The van der Waals surface area contributed by atoms with Gasteiger partial charge in [0, 0.05) is 110 Å². The highest BCUT2D eigenvalue weighted by molar-refractivity contribution is 6.09. The van der Waals surface area contributed by atoms with E-state index in [0.717, 1.165) is 70.6 Å². The van der Waals surface area contributed by atoms with Gasteiger partial charge in [-0.25, -0.2) is 4.58 Å². The van der Waals surface area contributed by atoms with E-state index in [4.69, 9.17) is 24.2 Å². The molecule has 2 aromatic carbocycles. The second kappa shape index (κ2) is 23.2. The van der Waals surface area contributed by atoms with E-state index in [1.807, 2.05) is 29.2 Å². The molecule has 2 aliphatic heterocycles. The molecular weight excluding hydrogens is 753 g/mol. The van der Waals surface area contributed by atoms with Gasteiger partial charge in [-0.2, -0.15) is 0 Å². The van der Waals surface area contributed by atoms with Crippen LogP contribution in [0.25, 0.3) is 43.9 Å². The molecule has 3 aliphatic rings. The van der Waals surface area contributed by atoms with Crippen molar-refractivity contribution in [1.29, 1.82) is 0 Å². The lowest BCUT2D eigenvalue weighted by Gasteiger charge is -2.35. The number of piperazine rings is 1. The van der Waals surface area contributed by atoms with E-state index in [9.17, 15) is 14.4 Å². The molecule has 0 bridgehead atoms. The standard InChI is InChI=1S/C44H58N8O7/c1-5-49(6-2)33-13-15-37-39(31-33)59-40-32-34(50(7-3)8-4)14-16-38(40)43(37)35-11-9-10-12-36(35)44(55)52-23-21-51(22-24-52)42(54)18-17-41(53)46-19-25-56-27-29-58-30-28-57-26-20-47-48-45/h9-16,31-32H,5-8,17-30H2,1-4H3/p+1. The van der Waals surface area contributed by atoms with Gasteiger partial charge in [-0.1, -0.05) is 23.3 Å². The summed E-state index contributed by atoms with van der Waals surface area (Å²) in [4.78, 5) is 48.4. The first-order chi connectivity index (χ1) is 28.8. The molecule has 15 heteroatoms. The summed E-state index contributed by atoms with van der Waals surface area (Å²) >= 11 is 0. The number of anilines is 1. The molecule has 0 aromatic heterocycles. The SMILES string of the molecule is CCN(CC)c1ccc2c(-c3ccccc3C(=O)N3CCN(C(=O)CCC(=O)NCCOCCOCCOCCN=[N+]=[N-])CC3)c3ccc(=[N+](CC)CC)cc-3oc2c1. The highest BCUT2D eigenvalue weighted by Crippen LogP contribution is 2.42. The first kappa shape index (κ1) is 44.6. The number of carbonyl (C=O) groups excluding carboxylic acids is 3. The van der Waals surface area contributed by atoms with Gasteiger partial charge in [0.15, 0.2) is 0 Å². The fourth-order valence-electron chi connectivity index (χ4n) is 7.37. The Morgan fingerprint density at radius 3 is 2.19 bits per heavy atom. The molecule has 0 spiro atoms. The van der Waals surface area contributed by atoms with Crippen LogP contribution in [-0.4, -0.2) is 133 Å². The first-order valence-electron chi connectivity index (χ1n) is 20.8. The fourth-order valence-corrected chi connectivity index (χ4v) is 7.37. The number of fused-ring (bicyclic) bond motifs is 2. The molecule has 2 heterocycles. The van der Waals surface area contributed by atoms with Gasteiger partial charge in [-0.3, -0.25) is 14.4 Å². The van der Waals surface area contributed by atoms with Crippen LogP contribution < -0.4 is 20.1 Å². The average molecular weight is 812 g/mol. The van der Waals surface area contributed by atoms with Crippen LogP contribution in [0.2, 0.25) is 0 Å². The van der Waals surface area contributed by atoms with Gasteiger partial charge in [0.1, 0.15) is 24.4 Å². The predicted octanol–water partition coefficient (Wildman–Crippen LogP) is 5.40. The lowest BCUT2D eigenvalue weighted by molar-refractivity contribution is -0.134. The lowest BCUT2D eigenvalue weighted by Crippen LogP contribution is -2.50. The summed E-state index contributed by atoms with van der Waals surface area (Å²) in [6.07, 6.45) is 0.166. The number of carbonyl (C=O) groups is 3. The molecular formula is C44H59N8O7+. The molecule has 316 valence electrons. The number of hydrogen-bond acceptors (Lipinski definition) is 9. The summed E-state index contributed by atoms with van der Waals surface area (Å²) in [7, 11) is 0. The van der Waals surface area contributed by atoms with E-state index in [0.29, 0.717) is 77.9 Å². The maximum atomic E-state index is 14.4. The van der Waals surface area contributed by atoms with Gasteiger partial charge in [-0.05, 0) is 63.1 Å². The zero-order chi connectivity index (χ0) is 42.0. The van der Waals surface area contributed by atoms with Crippen molar-refractivity contribution in [2.24, 2.45) is 5.11 Å². The number of nitrogens with zero attached hydrogens (tertiary/aromatic N) is 7. The molecule has 0 atom stereocenters. The van der Waals surface area contributed by atoms with E-state index < -0.39 is 0 Å². The molecule has 1 fully saturated rings. The van der Waals surface area contributed by atoms with Crippen molar-refractivity contribution < 1.29 is 33.0 Å². The fraction of sp³-hybridized carbons (Fsp3) is 0.500. The molecule has 2 aromatic rings. The molecule has 59 heavy (non-hydrogen) atoms. The normalized spacial score (nSPS) is 12.7. The van der Waals surface area contributed by atoms with E-state index >= 15 is 0 Å². The van der Waals surface area contributed by atoms with Gasteiger partial charge in [-0.15, -0.1) is 0 Å². The second-order valence-corrected chi connectivity index (χ2v) is 14.0. The summed E-state index contributed by atoms with van der Waals surface area (Å²) < 4.78 is 25.1. The summed E-state index contributed by atoms with van der Waals surface area (Å²) in [5.41, 5.74) is 13.4. The summed E-state index contributed by atoms with van der Waals surface area (Å²) in [5, 5.41) is 8.19. The van der Waals surface area contributed by atoms with Crippen LogP contribution >= 0.6 is 0 Å². The molecule has 15 nitrogen and oxygen atoms in total. The minimum Gasteiger partial charge on any atom is -0.456 e. The van der Waals surface area contributed by atoms with Crippen LogP contribution in [0.4, 0.5) is 5.69 Å². The third kappa shape index (κ3) is 12.0. The number of rotatable bonds is 22. The van der Waals surface area contributed by atoms with E-state index in [2.05, 4.69) is 88.9 Å². The summed E-state index contributed by atoms with van der Waals surface area (Å²) in [5.74, 6) is 0.340. The Balaban J connectivity index is 1.18. The Hall–Kier alpha value is -5.47. The van der Waals surface area contributed by atoms with Gasteiger partial charge in [0.25, 0.3) is 5.91 Å². The zero-order valence-electron chi connectivity index (χ0n) is 35.0. The van der Waals surface area contributed by atoms with Crippen molar-refractivity contribution in [3.8, 4) is 22.5 Å². The molecule has 0 unspecified atom stereocenters. The molecule has 0 radical (unpaired) electrons. The van der Waals surface area contributed by atoms with Crippen molar-refractivity contribution in [1.82, 2.24) is 19.7 Å². The Labute approximate surface area is 346 Å². The van der Waals surface area contributed by atoms with Gasteiger partial charge in [0.2, 0.25) is 17.2 Å². The minimum atomic E-state index is -0.219. The van der Waals surface area contributed by atoms with Crippen LogP contribution in [0.5, 0.6) is 0 Å². The van der Waals surface area contributed by atoms with Crippen LogP contribution in [0, 0.1) is 0 Å². The Bertz CT molecular complexity index is 2100. The largest absolute Gasteiger partial charge is 0.456 e. The van der Waals surface area contributed by atoms with Gasteiger partial charge >= 0.3 is 0 Å². The Kier molecular flexibility index (Phi) is 17.6. The smallest absolute Gasteiger partial charge is 0.254 e. The van der Waals surface area contributed by atoms with E-state index in [1.165, 1.54) is 0 Å². The monoisotopic (exact) mass is 811 g/mol. The second-order valence-electron chi connectivity index (χ2n) is 14.0. The number of nitrogens with one attached hydrogen (secondary N) is 1. The van der Waals surface area contributed by atoms with Crippen LogP contribution in [0.15, 0.2) is 70.2 Å². The van der Waals surface area contributed by atoms with Gasteiger partial charge < -0.3 is 38.6 Å². The van der Waals surface area contributed by atoms with Crippen LogP contribution in [0.1, 0.15) is 50.9 Å². The maximum absolute atomic E-state index is 14.4. The van der Waals surface area contributed by atoms with Crippen LogP contribution in [0.3, 0.4) is 0 Å². The summed E-state index contributed by atoms with van der Waals surface area (Å²) in [6, 6.07) is 20.4. The maximum Gasteiger partial charge on any atom is 0.254 e. The number of hydrogen-bond donors (Lipinski definition) is 1. The van der Waals surface area contributed by atoms with E-state index in [-0.39, 0.29) is 37.1 Å². The third-order valence-electron chi connectivity index (χ3n) is 10.6. The van der Waals surface area contributed by atoms with Crippen molar-refractivity contribution in [3.63, 3.8) is 0 Å². The van der Waals surface area contributed by atoms with Crippen molar-refractivity contribution in [3.05, 3.63) is 82.0 Å². The highest BCUT2D eigenvalue weighted by Gasteiger charge is 2.28. The minimum absolute atomic E-state index is 0.0756. The highest BCUT2D eigenvalue weighted by atomic mass is 16.5. The number of ether oxygens (including phenoxy) is 3. The lowest BCUT2D eigenvalue weighted by atomic mass is 9.90.